The van der Waals surface area contributed by atoms with Gasteiger partial charge in [0.05, 0.1) is 5.92 Å². The highest BCUT2D eigenvalue weighted by atomic mass is 32.1. The van der Waals surface area contributed by atoms with E-state index in [9.17, 15) is 9.90 Å². The molecule has 0 radical (unpaired) electrons. The van der Waals surface area contributed by atoms with E-state index in [0.717, 1.165) is 21.8 Å². The number of hydrogen-bond donors (Lipinski definition) is 1. The number of aryl methyl sites for hydroxylation is 2. The fraction of sp³-hybridized carbons (Fsp3) is 0.261. The van der Waals surface area contributed by atoms with Gasteiger partial charge in [0.2, 0.25) is 0 Å². The van der Waals surface area contributed by atoms with Crippen molar-refractivity contribution in [2.24, 2.45) is 0 Å². The van der Waals surface area contributed by atoms with Gasteiger partial charge in [-0.05, 0) is 55.0 Å². The van der Waals surface area contributed by atoms with Crippen LogP contribution in [0.5, 0.6) is 11.5 Å². The average Bonchev–Trinajstić information content (AvgIpc) is 3.19. The highest BCUT2D eigenvalue weighted by molar-refractivity contribution is 7.10. The molecule has 0 spiro atoms. The summed E-state index contributed by atoms with van der Waals surface area (Å²) in [6.07, 6.45) is 0.393. The van der Waals surface area contributed by atoms with Gasteiger partial charge >= 0.3 is 5.97 Å². The van der Waals surface area contributed by atoms with Crippen LogP contribution in [0.25, 0.3) is 0 Å². The maximum Gasteiger partial charge on any atom is 0.312 e. The summed E-state index contributed by atoms with van der Waals surface area (Å²) in [6.45, 7) is 4.89. The Bertz CT molecular complexity index is 918. The maximum atomic E-state index is 11.7. The first kappa shape index (κ1) is 20.0. The van der Waals surface area contributed by atoms with Crippen LogP contribution in [-0.2, 0) is 11.2 Å². The minimum absolute atomic E-state index is 0.390. The molecule has 0 aliphatic rings. The smallest absolute Gasteiger partial charge is 0.312 e. The predicted octanol–water partition coefficient (Wildman–Crippen LogP) is 5.23. The lowest BCUT2D eigenvalue weighted by molar-refractivity contribution is -0.138. The molecule has 5 heteroatoms. The van der Waals surface area contributed by atoms with Crippen LogP contribution in [0, 0.1) is 13.8 Å². The Morgan fingerprint density at radius 2 is 1.75 bits per heavy atom. The second-order valence-corrected chi connectivity index (χ2v) is 7.66. The summed E-state index contributed by atoms with van der Waals surface area (Å²) < 4.78 is 11.7. The Kier molecular flexibility index (Phi) is 6.71. The Morgan fingerprint density at radius 1 is 1.00 bits per heavy atom. The standard InChI is InChI=1S/C23H24O4S/c1-16-9-10-20(17(2)14-16)26-11-12-27-21-7-4-3-6-18(21)15-19(23(24)25)22-8-5-13-28-22/h3-10,13-14,19H,11-12,15H2,1-2H3,(H,24,25). The Hall–Kier alpha value is -2.79. The number of rotatable bonds is 9. The SMILES string of the molecule is Cc1ccc(OCCOc2ccccc2CC(C(=O)O)c2cccs2)c(C)c1. The van der Waals surface area contributed by atoms with E-state index >= 15 is 0 Å². The van der Waals surface area contributed by atoms with Crippen molar-refractivity contribution in [1.82, 2.24) is 0 Å². The van der Waals surface area contributed by atoms with Crippen molar-refractivity contribution in [2.45, 2.75) is 26.2 Å². The van der Waals surface area contributed by atoms with Crippen LogP contribution in [0.3, 0.4) is 0 Å². The molecule has 0 bridgehead atoms. The quantitative estimate of drug-likeness (QED) is 0.503. The van der Waals surface area contributed by atoms with Crippen molar-refractivity contribution in [1.29, 1.82) is 0 Å². The summed E-state index contributed by atoms with van der Waals surface area (Å²) in [5, 5.41) is 11.5. The lowest BCUT2D eigenvalue weighted by Gasteiger charge is -2.16. The largest absolute Gasteiger partial charge is 0.490 e. The fourth-order valence-corrected chi connectivity index (χ4v) is 3.92. The molecule has 1 unspecified atom stereocenters. The number of carboxylic acids is 1. The van der Waals surface area contributed by atoms with Gasteiger partial charge < -0.3 is 14.6 Å². The van der Waals surface area contributed by atoms with Crippen LogP contribution in [0.4, 0.5) is 0 Å². The molecule has 0 fully saturated rings. The van der Waals surface area contributed by atoms with Crippen molar-refractivity contribution in [3.05, 3.63) is 81.5 Å². The van der Waals surface area contributed by atoms with Gasteiger partial charge in [0, 0.05) is 4.88 Å². The minimum atomic E-state index is -0.824. The number of ether oxygens (including phenoxy) is 2. The van der Waals surface area contributed by atoms with E-state index in [4.69, 9.17) is 9.47 Å². The molecule has 1 aromatic heterocycles. The molecule has 0 saturated heterocycles. The number of para-hydroxylation sites is 1. The monoisotopic (exact) mass is 396 g/mol. The van der Waals surface area contributed by atoms with E-state index in [0.29, 0.717) is 25.4 Å². The van der Waals surface area contributed by atoms with Crippen LogP contribution in [0.1, 0.15) is 27.5 Å². The molecule has 4 nitrogen and oxygen atoms in total. The van der Waals surface area contributed by atoms with Gasteiger partial charge in [-0.1, -0.05) is 42.0 Å². The molecule has 146 valence electrons. The third-order valence-electron chi connectivity index (χ3n) is 4.51. The molecule has 1 heterocycles. The number of carboxylic acid groups (broad SMARTS) is 1. The maximum absolute atomic E-state index is 11.7. The number of thiophene rings is 1. The number of carbonyl (C=O) groups is 1. The summed E-state index contributed by atoms with van der Waals surface area (Å²) in [7, 11) is 0. The molecular formula is C23H24O4S. The molecule has 0 saturated carbocycles. The van der Waals surface area contributed by atoms with Gasteiger partial charge in [-0.2, -0.15) is 0 Å². The first-order chi connectivity index (χ1) is 13.5. The third-order valence-corrected chi connectivity index (χ3v) is 5.50. The van der Waals surface area contributed by atoms with Crippen LogP contribution >= 0.6 is 11.3 Å². The summed E-state index contributed by atoms with van der Waals surface area (Å²) in [5.41, 5.74) is 3.18. The molecule has 1 N–H and O–H groups in total. The summed E-state index contributed by atoms with van der Waals surface area (Å²) >= 11 is 1.46. The summed E-state index contributed by atoms with van der Waals surface area (Å²) in [4.78, 5) is 12.6. The van der Waals surface area contributed by atoms with Crippen LogP contribution in [0.15, 0.2) is 60.0 Å². The fourth-order valence-electron chi connectivity index (χ4n) is 3.10. The van der Waals surface area contributed by atoms with E-state index < -0.39 is 11.9 Å². The van der Waals surface area contributed by atoms with Crippen molar-refractivity contribution in [2.75, 3.05) is 13.2 Å². The van der Waals surface area contributed by atoms with Crippen molar-refractivity contribution in [3.8, 4) is 11.5 Å². The van der Waals surface area contributed by atoms with Crippen LogP contribution in [-0.4, -0.2) is 24.3 Å². The second-order valence-electron chi connectivity index (χ2n) is 6.68. The first-order valence-corrected chi connectivity index (χ1v) is 10.1. The molecule has 3 aromatic rings. The van der Waals surface area contributed by atoms with Crippen LogP contribution in [0.2, 0.25) is 0 Å². The van der Waals surface area contributed by atoms with Crippen LogP contribution < -0.4 is 9.47 Å². The van der Waals surface area contributed by atoms with E-state index in [1.807, 2.05) is 60.8 Å². The summed E-state index contributed by atoms with van der Waals surface area (Å²) in [5.74, 6) is 0.160. The zero-order valence-electron chi connectivity index (χ0n) is 16.1. The molecule has 0 aliphatic carbocycles. The van der Waals surface area contributed by atoms with Gasteiger partial charge in [-0.25, -0.2) is 0 Å². The van der Waals surface area contributed by atoms with Gasteiger partial charge in [0.15, 0.2) is 0 Å². The molecule has 28 heavy (non-hydrogen) atoms. The minimum Gasteiger partial charge on any atom is -0.490 e. The Labute approximate surface area is 169 Å². The van der Waals surface area contributed by atoms with Gasteiger partial charge in [-0.15, -0.1) is 11.3 Å². The predicted molar refractivity (Wildman–Crippen MR) is 112 cm³/mol. The second kappa shape index (κ2) is 9.42. The Balaban J connectivity index is 1.61. The molecule has 2 aromatic carbocycles. The molecule has 3 rings (SSSR count). The highest BCUT2D eigenvalue weighted by Crippen LogP contribution is 2.29. The van der Waals surface area contributed by atoms with Crippen molar-refractivity contribution < 1.29 is 19.4 Å². The van der Waals surface area contributed by atoms with E-state index in [1.165, 1.54) is 16.9 Å². The molecule has 0 aliphatic heterocycles. The molecule has 0 amide bonds. The average molecular weight is 397 g/mol. The molecular weight excluding hydrogens is 372 g/mol. The zero-order valence-corrected chi connectivity index (χ0v) is 16.9. The third kappa shape index (κ3) is 5.14. The lowest BCUT2D eigenvalue weighted by Crippen LogP contribution is -2.15. The lowest BCUT2D eigenvalue weighted by atomic mass is 9.97. The van der Waals surface area contributed by atoms with Gasteiger partial charge in [0.25, 0.3) is 0 Å². The summed E-state index contributed by atoms with van der Waals surface area (Å²) in [6, 6.07) is 17.4. The van der Waals surface area contributed by atoms with Gasteiger partial charge in [-0.3, -0.25) is 4.79 Å². The van der Waals surface area contributed by atoms with Crippen molar-refractivity contribution in [3.63, 3.8) is 0 Å². The first-order valence-electron chi connectivity index (χ1n) is 9.21. The van der Waals surface area contributed by atoms with E-state index in [2.05, 4.69) is 13.0 Å². The number of hydrogen-bond acceptors (Lipinski definition) is 4. The highest BCUT2D eigenvalue weighted by Gasteiger charge is 2.22. The number of benzene rings is 2. The van der Waals surface area contributed by atoms with E-state index in [-0.39, 0.29) is 0 Å². The normalized spacial score (nSPS) is 11.8. The topological polar surface area (TPSA) is 55.8 Å². The molecule has 1 atom stereocenters. The number of aliphatic carboxylic acids is 1. The van der Waals surface area contributed by atoms with Crippen molar-refractivity contribution >= 4 is 17.3 Å². The van der Waals surface area contributed by atoms with Gasteiger partial charge in [0.1, 0.15) is 24.7 Å². The van der Waals surface area contributed by atoms with E-state index in [1.54, 1.807) is 0 Å². The zero-order chi connectivity index (χ0) is 19.9. The Morgan fingerprint density at radius 3 is 2.43 bits per heavy atom.